The fourth-order valence-electron chi connectivity index (χ4n) is 2.07. The van der Waals surface area contributed by atoms with Crippen molar-refractivity contribution in [1.82, 2.24) is 5.32 Å². The number of nitrogens with one attached hydrogen (secondary N) is 1. The van der Waals surface area contributed by atoms with Gasteiger partial charge in [-0.3, -0.25) is 0 Å². The Morgan fingerprint density at radius 2 is 1.62 bits per heavy atom. The summed E-state index contributed by atoms with van der Waals surface area (Å²) in [6, 6.07) is 0.362. The van der Waals surface area contributed by atoms with E-state index in [4.69, 9.17) is 5.73 Å². The van der Waals surface area contributed by atoms with Crippen LogP contribution in [0.2, 0.25) is 0 Å². The fraction of sp³-hybridized carbons (Fsp3) is 0.917. The van der Waals surface area contributed by atoms with Gasteiger partial charge in [0.2, 0.25) is 0 Å². The number of rotatable bonds is 1. The average Bonchev–Trinajstić information content (AvgIpc) is 2.32. The van der Waals surface area contributed by atoms with E-state index >= 15 is 0 Å². The first-order valence-corrected chi connectivity index (χ1v) is 6.28. The molecular formula is C12H23FN2O. The van der Waals surface area contributed by atoms with Gasteiger partial charge in [-0.05, 0) is 51.6 Å². The van der Waals surface area contributed by atoms with Crippen molar-refractivity contribution in [2.75, 3.05) is 13.1 Å². The van der Waals surface area contributed by atoms with Gasteiger partial charge in [0.1, 0.15) is 12.5 Å². The van der Waals surface area contributed by atoms with E-state index in [1.807, 2.05) is 0 Å². The quantitative estimate of drug-likeness (QED) is 0.670. The predicted octanol–water partition coefficient (Wildman–Crippen LogP) is 1.41. The Kier molecular flexibility index (Phi) is 6.57. The van der Waals surface area contributed by atoms with Crippen molar-refractivity contribution in [3.8, 4) is 0 Å². The summed E-state index contributed by atoms with van der Waals surface area (Å²) in [5.74, 6) is 0.310. The Labute approximate surface area is 97.0 Å². The summed E-state index contributed by atoms with van der Waals surface area (Å²) in [7, 11) is 0. The van der Waals surface area contributed by atoms with Crippen molar-refractivity contribution in [3.63, 3.8) is 0 Å². The van der Waals surface area contributed by atoms with Crippen LogP contribution in [0.5, 0.6) is 0 Å². The summed E-state index contributed by atoms with van der Waals surface area (Å²) in [5, 5.41) is 3.08. The predicted molar refractivity (Wildman–Crippen MR) is 63.0 cm³/mol. The maximum atomic E-state index is 12.1. The highest BCUT2D eigenvalue weighted by atomic mass is 19.1. The summed E-state index contributed by atoms with van der Waals surface area (Å²) in [6.45, 7) is 1.72. The van der Waals surface area contributed by atoms with Crippen molar-refractivity contribution in [3.05, 3.63) is 0 Å². The van der Waals surface area contributed by atoms with E-state index in [9.17, 15) is 9.18 Å². The van der Waals surface area contributed by atoms with E-state index in [2.05, 4.69) is 5.32 Å². The molecule has 3 nitrogen and oxygen atoms in total. The SMILES string of the molecule is FC1CCNCC1.NC1CCC(C=O)CC1. The molecule has 4 heteroatoms. The number of carbonyl (C=O) groups is 1. The van der Waals surface area contributed by atoms with Gasteiger partial charge >= 0.3 is 0 Å². The van der Waals surface area contributed by atoms with Gasteiger partial charge in [0.15, 0.2) is 0 Å². The van der Waals surface area contributed by atoms with E-state index in [1.54, 1.807) is 0 Å². The first-order valence-electron chi connectivity index (χ1n) is 6.28. The molecular weight excluding hydrogens is 207 g/mol. The molecule has 1 heterocycles. The summed E-state index contributed by atoms with van der Waals surface area (Å²) in [5.41, 5.74) is 5.64. The van der Waals surface area contributed by atoms with Gasteiger partial charge in [0.25, 0.3) is 0 Å². The standard InChI is InChI=1S/C7H13NO.C5H10FN/c8-7-3-1-6(5-9)2-4-7;6-5-1-3-7-4-2-5/h5-7H,1-4,8H2;5,7H,1-4H2. The molecule has 0 atom stereocenters. The topological polar surface area (TPSA) is 55.1 Å². The number of piperidine rings is 1. The molecule has 94 valence electrons. The van der Waals surface area contributed by atoms with Crippen molar-refractivity contribution < 1.29 is 9.18 Å². The number of aldehydes is 1. The van der Waals surface area contributed by atoms with Crippen LogP contribution in [0.1, 0.15) is 38.5 Å². The molecule has 2 aliphatic rings. The number of hydrogen-bond acceptors (Lipinski definition) is 3. The molecule has 1 saturated carbocycles. The third-order valence-electron chi connectivity index (χ3n) is 3.28. The van der Waals surface area contributed by atoms with Crippen molar-refractivity contribution in [1.29, 1.82) is 0 Å². The van der Waals surface area contributed by atoms with E-state index in [1.165, 1.54) is 0 Å². The van der Waals surface area contributed by atoms with Crippen molar-refractivity contribution in [2.45, 2.75) is 50.7 Å². The minimum absolute atomic E-state index is 0.310. The van der Waals surface area contributed by atoms with Crippen LogP contribution in [0, 0.1) is 5.92 Å². The van der Waals surface area contributed by atoms with Crippen LogP contribution in [-0.4, -0.2) is 31.6 Å². The number of hydrogen-bond donors (Lipinski definition) is 2. The molecule has 0 amide bonds. The van der Waals surface area contributed by atoms with Crippen LogP contribution in [0.3, 0.4) is 0 Å². The summed E-state index contributed by atoms with van der Waals surface area (Å²) in [4.78, 5) is 10.2. The van der Waals surface area contributed by atoms with Crippen LogP contribution < -0.4 is 11.1 Å². The number of nitrogens with two attached hydrogens (primary N) is 1. The molecule has 0 unspecified atom stereocenters. The number of carbonyl (C=O) groups excluding carboxylic acids is 1. The monoisotopic (exact) mass is 230 g/mol. The normalized spacial score (nSPS) is 31.4. The van der Waals surface area contributed by atoms with Crippen LogP contribution in [0.15, 0.2) is 0 Å². The molecule has 0 radical (unpaired) electrons. The molecule has 0 spiro atoms. The molecule has 1 saturated heterocycles. The minimum Gasteiger partial charge on any atom is -0.328 e. The van der Waals surface area contributed by atoms with E-state index < -0.39 is 6.17 Å². The molecule has 0 aromatic carbocycles. The summed E-state index contributed by atoms with van der Waals surface area (Å²) in [6.07, 6.45) is 6.02. The molecule has 0 aromatic rings. The van der Waals surface area contributed by atoms with Crippen LogP contribution >= 0.6 is 0 Å². The lowest BCUT2D eigenvalue weighted by molar-refractivity contribution is -0.111. The van der Waals surface area contributed by atoms with Gasteiger partial charge in [-0.1, -0.05) is 0 Å². The zero-order chi connectivity index (χ0) is 11.8. The van der Waals surface area contributed by atoms with Gasteiger partial charge in [0, 0.05) is 12.0 Å². The van der Waals surface area contributed by atoms with Gasteiger partial charge in [-0.25, -0.2) is 4.39 Å². The molecule has 0 aromatic heterocycles. The van der Waals surface area contributed by atoms with E-state index in [0.717, 1.165) is 45.1 Å². The first kappa shape index (κ1) is 13.6. The second kappa shape index (κ2) is 7.74. The maximum absolute atomic E-state index is 12.1. The molecule has 1 aliphatic heterocycles. The molecule has 16 heavy (non-hydrogen) atoms. The second-order valence-corrected chi connectivity index (χ2v) is 4.74. The highest BCUT2D eigenvalue weighted by Crippen LogP contribution is 2.20. The fourth-order valence-corrected chi connectivity index (χ4v) is 2.07. The Bertz CT molecular complexity index is 187. The molecule has 0 bridgehead atoms. The highest BCUT2D eigenvalue weighted by Gasteiger charge is 2.16. The Balaban J connectivity index is 0.000000165. The lowest BCUT2D eigenvalue weighted by atomic mass is 9.88. The third kappa shape index (κ3) is 5.56. The third-order valence-corrected chi connectivity index (χ3v) is 3.28. The van der Waals surface area contributed by atoms with Gasteiger partial charge in [-0.2, -0.15) is 0 Å². The van der Waals surface area contributed by atoms with Gasteiger partial charge < -0.3 is 15.8 Å². The Morgan fingerprint density at radius 3 is 2.00 bits per heavy atom. The zero-order valence-electron chi connectivity index (χ0n) is 9.83. The van der Waals surface area contributed by atoms with Crippen LogP contribution in [0.25, 0.3) is 0 Å². The lowest BCUT2D eigenvalue weighted by Gasteiger charge is -2.21. The van der Waals surface area contributed by atoms with Gasteiger partial charge in [-0.15, -0.1) is 0 Å². The smallest absolute Gasteiger partial charge is 0.123 e. The Hall–Kier alpha value is -0.480. The molecule has 2 rings (SSSR count). The average molecular weight is 230 g/mol. The summed E-state index contributed by atoms with van der Waals surface area (Å²) >= 11 is 0. The second-order valence-electron chi connectivity index (χ2n) is 4.74. The maximum Gasteiger partial charge on any atom is 0.123 e. The van der Waals surface area contributed by atoms with Crippen molar-refractivity contribution >= 4 is 6.29 Å². The van der Waals surface area contributed by atoms with E-state index in [-0.39, 0.29) is 0 Å². The van der Waals surface area contributed by atoms with E-state index in [0.29, 0.717) is 24.8 Å². The van der Waals surface area contributed by atoms with Gasteiger partial charge in [0.05, 0.1) is 0 Å². The molecule has 1 aliphatic carbocycles. The molecule has 3 N–H and O–H groups in total. The minimum atomic E-state index is -0.527. The van der Waals surface area contributed by atoms with Crippen molar-refractivity contribution in [2.24, 2.45) is 11.7 Å². The number of halogens is 1. The molecule has 2 fully saturated rings. The zero-order valence-corrected chi connectivity index (χ0v) is 9.83. The first-order chi connectivity index (χ1) is 7.72. The largest absolute Gasteiger partial charge is 0.328 e. The highest BCUT2D eigenvalue weighted by molar-refractivity contribution is 5.53. The van der Waals surface area contributed by atoms with Crippen LogP contribution in [-0.2, 0) is 4.79 Å². The Morgan fingerprint density at radius 1 is 1.06 bits per heavy atom. The summed E-state index contributed by atoms with van der Waals surface area (Å²) < 4.78 is 12.1. The lowest BCUT2D eigenvalue weighted by Crippen LogP contribution is -2.28. The van der Waals surface area contributed by atoms with Crippen LogP contribution in [0.4, 0.5) is 4.39 Å². The number of alkyl halides is 1.